The van der Waals surface area contributed by atoms with Crippen LogP contribution in [0.2, 0.25) is 5.02 Å². The molecule has 0 bridgehead atoms. The molecule has 2 heterocycles. The number of aromatic nitrogens is 2. The van der Waals surface area contributed by atoms with E-state index in [0.29, 0.717) is 10.6 Å². The Kier molecular flexibility index (Phi) is 4.58. The zero-order valence-corrected chi connectivity index (χ0v) is 16.2. The first-order valence-corrected chi connectivity index (χ1v) is 9.96. The van der Waals surface area contributed by atoms with Crippen LogP contribution in [0.4, 0.5) is 5.82 Å². The van der Waals surface area contributed by atoms with Crippen LogP contribution >= 0.6 is 39.3 Å². The fraction of sp³-hybridized carbons (Fsp3) is 0.111. The second-order valence-corrected chi connectivity index (χ2v) is 7.96. The van der Waals surface area contributed by atoms with E-state index in [-0.39, 0.29) is 5.91 Å². The topological polar surface area (TPSA) is 46.9 Å². The van der Waals surface area contributed by atoms with Crippen LogP contribution in [0.1, 0.15) is 21.6 Å². The van der Waals surface area contributed by atoms with E-state index in [1.807, 2.05) is 36.4 Å². The van der Waals surface area contributed by atoms with Crippen molar-refractivity contribution >= 4 is 51.0 Å². The van der Waals surface area contributed by atoms with Gasteiger partial charge in [-0.3, -0.25) is 4.79 Å². The van der Waals surface area contributed by atoms with Gasteiger partial charge in [0.1, 0.15) is 5.82 Å². The molecule has 0 saturated carbocycles. The third-order valence-corrected chi connectivity index (χ3v) is 5.66. The Morgan fingerprint density at radius 2 is 2.00 bits per heavy atom. The zero-order chi connectivity index (χ0) is 17.4. The quantitative estimate of drug-likeness (QED) is 0.609. The molecule has 4 nitrogen and oxygen atoms in total. The summed E-state index contributed by atoms with van der Waals surface area (Å²) < 4.78 is 2.66. The Hall–Kier alpha value is -1.76. The van der Waals surface area contributed by atoms with Crippen LogP contribution in [-0.2, 0) is 11.5 Å². The third kappa shape index (κ3) is 3.34. The molecule has 1 amide bonds. The van der Waals surface area contributed by atoms with Gasteiger partial charge in [-0.05, 0) is 42.5 Å². The zero-order valence-electron chi connectivity index (χ0n) is 13.0. The van der Waals surface area contributed by atoms with Gasteiger partial charge in [0.15, 0.2) is 0 Å². The number of nitrogens with one attached hydrogen (secondary N) is 1. The summed E-state index contributed by atoms with van der Waals surface area (Å²) >= 11 is 11.2. The van der Waals surface area contributed by atoms with E-state index in [0.717, 1.165) is 38.7 Å². The van der Waals surface area contributed by atoms with Crippen LogP contribution in [0, 0.1) is 0 Å². The molecule has 0 radical (unpaired) electrons. The molecular weight excluding hydrogens is 422 g/mol. The minimum absolute atomic E-state index is 0.156. The van der Waals surface area contributed by atoms with Crippen molar-refractivity contribution in [3.05, 3.63) is 74.8 Å². The summed E-state index contributed by atoms with van der Waals surface area (Å²) in [6, 6.07) is 14.7. The minimum atomic E-state index is -0.156. The standard InChI is InChI=1S/C18H13BrClN3OS/c19-12-3-1-2-11(8-12)18(24)21-17-15-9-25-10-16(15)22-23(17)14-6-4-13(20)5-7-14/h1-8H,9-10H2,(H,21,24). The molecule has 7 heteroatoms. The smallest absolute Gasteiger partial charge is 0.256 e. The van der Waals surface area contributed by atoms with Gasteiger partial charge in [-0.25, -0.2) is 4.68 Å². The van der Waals surface area contributed by atoms with E-state index in [4.69, 9.17) is 11.6 Å². The molecule has 0 atom stereocenters. The van der Waals surface area contributed by atoms with Gasteiger partial charge in [-0.1, -0.05) is 33.6 Å². The Balaban J connectivity index is 1.73. The van der Waals surface area contributed by atoms with Crippen LogP contribution in [-0.4, -0.2) is 15.7 Å². The fourth-order valence-electron chi connectivity index (χ4n) is 2.72. The van der Waals surface area contributed by atoms with Crippen LogP contribution in [0.25, 0.3) is 5.69 Å². The number of thioether (sulfide) groups is 1. The summed E-state index contributed by atoms with van der Waals surface area (Å²) in [6.07, 6.45) is 0. The van der Waals surface area contributed by atoms with E-state index in [9.17, 15) is 4.79 Å². The normalized spacial score (nSPS) is 12.9. The molecule has 126 valence electrons. The number of hydrogen-bond acceptors (Lipinski definition) is 3. The van der Waals surface area contributed by atoms with Crippen molar-refractivity contribution in [3.63, 3.8) is 0 Å². The molecule has 1 N–H and O–H groups in total. The van der Waals surface area contributed by atoms with E-state index in [1.165, 1.54) is 0 Å². The van der Waals surface area contributed by atoms with Crippen molar-refractivity contribution in [2.75, 3.05) is 5.32 Å². The van der Waals surface area contributed by atoms with E-state index in [1.54, 1.807) is 28.6 Å². The number of amides is 1. The maximum atomic E-state index is 12.7. The minimum Gasteiger partial charge on any atom is -0.306 e. The number of halogens is 2. The number of nitrogens with zero attached hydrogens (tertiary/aromatic N) is 2. The average molecular weight is 435 g/mol. The van der Waals surface area contributed by atoms with Gasteiger partial charge in [0.05, 0.1) is 11.4 Å². The summed E-state index contributed by atoms with van der Waals surface area (Å²) in [4.78, 5) is 12.7. The Bertz CT molecular complexity index is 955. The Morgan fingerprint density at radius 3 is 2.76 bits per heavy atom. The molecule has 2 aromatic carbocycles. The first-order chi connectivity index (χ1) is 12.1. The first-order valence-electron chi connectivity index (χ1n) is 7.63. The number of carbonyl (C=O) groups excluding carboxylic acids is 1. The van der Waals surface area contributed by atoms with Gasteiger partial charge in [0, 0.05) is 32.1 Å². The molecule has 0 aliphatic carbocycles. The van der Waals surface area contributed by atoms with Gasteiger partial charge >= 0.3 is 0 Å². The molecule has 1 aliphatic heterocycles. The molecule has 0 fully saturated rings. The molecule has 3 aromatic rings. The summed E-state index contributed by atoms with van der Waals surface area (Å²) in [5.41, 5.74) is 3.57. The SMILES string of the molecule is O=C(Nc1c2c(nn1-c1ccc(Cl)cc1)CSC2)c1cccc(Br)c1. The molecule has 1 aliphatic rings. The number of anilines is 1. The highest BCUT2D eigenvalue weighted by molar-refractivity contribution is 9.10. The fourth-order valence-corrected chi connectivity index (χ4v) is 4.28. The lowest BCUT2D eigenvalue weighted by Crippen LogP contribution is -2.16. The van der Waals surface area contributed by atoms with Crippen molar-refractivity contribution in [2.24, 2.45) is 0 Å². The number of benzene rings is 2. The van der Waals surface area contributed by atoms with E-state index >= 15 is 0 Å². The first kappa shape index (κ1) is 16.7. The Labute approximate surface area is 162 Å². The highest BCUT2D eigenvalue weighted by Gasteiger charge is 2.25. The van der Waals surface area contributed by atoms with Gasteiger partial charge in [-0.2, -0.15) is 16.9 Å². The molecule has 25 heavy (non-hydrogen) atoms. The summed E-state index contributed by atoms with van der Waals surface area (Å²) in [6.45, 7) is 0. The second kappa shape index (κ2) is 6.86. The molecular formula is C18H13BrClN3OS. The number of rotatable bonds is 3. The average Bonchev–Trinajstić information content (AvgIpc) is 3.18. The summed E-state index contributed by atoms with van der Waals surface area (Å²) in [5, 5.41) is 8.39. The van der Waals surface area contributed by atoms with Gasteiger partial charge < -0.3 is 5.32 Å². The van der Waals surface area contributed by atoms with Crippen molar-refractivity contribution < 1.29 is 4.79 Å². The lowest BCUT2D eigenvalue weighted by molar-refractivity contribution is 0.102. The van der Waals surface area contributed by atoms with Gasteiger partial charge in [0.25, 0.3) is 5.91 Å². The largest absolute Gasteiger partial charge is 0.306 e. The Morgan fingerprint density at radius 1 is 1.20 bits per heavy atom. The van der Waals surface area contributed by atoms with Crippen molar-refractivity contribution in [2.45, 2.75) is 11.5 Å². The highest BCUT2D eigenvalue weighted by atomic mass is 79.9. The highest BCUT2D eigenvalue weighted by Crippen LogP contribution is 2.36. The van der Waals surface area contributed by atoms with Crippen molar-refractivity contribution in [1.82, 2.24) is 9.78 Å². The van der Waals surface area contributed by atoms with Crippen molar-refractivity contribution in [3.8, 4) is 5.69 Å². The predicted octanol–water partition coefficient (Wildman–Crippen LogP) is 5.29. The number of fused-ring (bicyclic) bond motifs is 1. The second-order valence-electron chi connectivity index (χ2n) is 5.62. The van der Waals surface area contributed by atoms with Crippen LogP contribution in [0.15, 0.2) is 53.0 Å². The maximum Gasteiger partial charge on any atom is 0.256 e. The molecule has 0 spiro atoms. The third-order valence-electron chi connectivity index (χ3n) is 3.94. The predicted molar refractivity (Wildman–Crippen MR) is 106 cm³/mol. The summed E-state index contributed by atoms with van der Waals surface area (Å²) in [7, 11) is 0. The van der Waals surface area contributed by atoms with Crippen LogP contribution < -0.4 is 5.32 Å². The lowest BCUT2D eigenvalue weighted by atomic mass is 10.2. The summed E-state index contributed by atoms with van der Waals surface area (Å²) in [5.74, 6) is 2.27. The van der Waals surface area contributed by atoms with Crippen LogP contribution in [0.5, 0.6) is 0 Å². The maximum absolute atomic E-state index is 12.7. The number of carbonyl (C=O) groups is 1. The monoisotopic (exact) mass is 433 g/mol. The van der Waals surface area contributed by atoms with E-state index < -0.39 is 0 Å². The number of hydrogen-bond donors (Lipinski definition) is 1. The van der Waals surface area contributed by atoms with Crippen LogP contribution in [0.3, 0.4) is 0 Å². The van der Waals surface area contributed by atoms with Crippen molar-refractivity contribution in [1.29, 1.82) is 0 Å². The molecule has 0 saturated heterocycles. The molecule has 0 unspecified atom stereocenters. The van der Waals surface area contributed by atoms with Gasteiger partial charge in [-0.15, -0.1) is 0 Å². The van der Waals surface area contributed by atoms with E-state index in [2.05, 4.69) is 26.3 Å². The molecule has 1 aromatic heterocycles. The lowest BCUT2D eigenvalue weighted by Gasteiger charge is -2.11. The van der Waals surface area contributed by atoms with Gasteiger partial charge in [0.2, 0.25) is 0 Å². The molecule has 4 rings (SSSR count).